The standard InChI is InChI=1S/C22H30N2O.2ClH/c1-3-24-13-5-7-21(24)16-23-15-20-6-4-8-22(14-20)25-17-19-11-9-18(2)10-12-19;;/h4,6,8-12,14,21,23H,3,5,7,13,15-17H2,1-2H3;2*1H. The Labute approximate surface area is 176 Å². The molecule has 0 spiro atoms. The number of hydrogen-bond donors (Lipinski definition) is 1. The Kier molecular flexibility index (Phi) is 10.8. The summed E-state index contributed by atoms with van der Waals surface area (Å²) in [5, 5.41) is 3.62. The fraction of sp³-hybridized carbons (Fsp3) is 0.455. The Bertz CT molecular complexity index is 664. The van der Waals surface area contributed by atoms with Crippen molar-refractivity contribution in [3.8, 4) is 5.75 Å². The maximum absolute atomic E-state index is 5.95. The number of likely N-dealkylation sites (N-methyl/N-ethyl adjacent to an activating group) is 1. The van der Waals surface area contributed by atoms with E-state index in [0.717, 1.165) is 25.4 Å². The molecule has 0 aliphatic carbocycles. The average molecular weight is 411 g/mol. The van der Waals surface area contributed by atoms with Gasteiger partial charge >= 0.3 is 0 Å². The fourth-order valence-corrected chi connectivity index (χ4v) is 3.52. The molecule has 0 bridgehead atoms. The van der Waals surface area contributed by atoms with Gasteiger partial charge in [-0.25, -0.2) is 0 Å². The smallest absolute Gasteiger partial charge is 0.120 e. The molecule has 0 saturated carbocycles. The topological polar surface area (TPSA) is 24.5 Å². The number of benzene rings is 2. The second kappa shape index (κ2) is 12.2. The van der Waals surface area contributed by atoms with E-state index in [9.17, 15) is 0 Å². The highest BCUT2D eigenvalue weighted by atomic mass is 35.5. The molecule has 1 fully saturated rings. The van der Waals surface area contributed by atoms with Crippen LogP contribution in [0.15, 0.2) is 48.5 Å². The normalized spacial score (nSPS) is 16.4. The van der Waals surface area contributed by atoms with Crippen molar-refractivity contribution in [2.24, 2.45) is 0 Å². The van der Waals surface area contributed by atoms with Gasteiger partial charge in [0, 0.05) is 19.1 Å². The lowest BCUT2D eigenvalue weighted by Gasteiger charge is -2.23. The minimum atomic E-state index is 0. The Morgan fingerprint density at radius 3 is 2.59 bits per heavy atom. The summed E-state index contributed by atoms with van der Waals surface area (Å²) in [5.41, 5.74) is 3.76. The highest BCUT2D eigenvalue weighted by Crippen LogP contribution is 2.17. The summed E-state index contributed by atoms with van der Waals surface area (Å²) in [6.07, 6.45) is 2.66. The summed E-state index contributed by atoms with van der Waals surface area (Å²) in [4.78, 5) is 2.58. The third-order valence-corrected chi connectivity index (χ3v) is 5.04. The number of halogens is 2. The summed E-state index contributed by atoms with van der Waals surface area (Å²) in [6.45, 7) is 9.36. The zero-order chi connectivity index (χ0) is 17.5. The first-order valence-corrected chi connectivity index (χ1v) is 9.46. The van der Waals surface area contributed by atoms with Gasteiger partial charge in [0.15, 0.2) is 0 Å². The van der Waals surface area contributed by atoms with Crippen LogP contribution >= 0.6 is 24.8 Å². The van der Waals surface area contributed by atoms with Crippen molar-refractivity contribution < 1.29 is 4.74 Å². The summed E-state index contributed by atoms with van der Waals surface area (Å²) in [7, 11) is 0. The van der Waals surface area contributed by atoms with Crippen LogP contribution in [-0.2, 0) is 13.2 Å². The summed E-state index contributed by atoms with van der Waals surface area (Å²) in [5.74, 6) is 0.941. The zero-order valence-electron chi connectivity index (χ0n) is 16.3. The first-order valence-electron chi connectivity index (χ1n) is 9.46. The third-order valence-electron chi connectivity index (χ3n) is 5.04. The quantitative estimate of drug-likeness (QED) is 0.662. The molecule has 0 radical (unpaired) electrons. The lowest BCUT2D eigenvalue weighted by Crippen LogP contribution is -2.37. The van der Waals surface area contributed by atoms with E-state index in [1.54, 1.807) is 0 Å². The molecule has 27 heavy (non-hydrogen) atoms. The second-order valence-electron chi connectivity index (χ2n) is 6.98. The van der Waals surface area contributed by atoms with Gasteiger partial charge in [0.2, 0.25) is 0 Å². The fourth-order valence-electron chi connectivity index (χ4n) is 3.52. The van der Waals surface area contributed by atoms with Crippen molar-refractivity contribution >= 4 is 24.8 Å². The van der Waals surface area contributed by atoms with Crippen LogP contribution in [0.3, 0.4) is 0 Å². The van der Waals surface area contributed by atoms with Crippen LogP contribution in [0.2, 0.25) is 0 Å². The number of ether oxygens (including phenoxy) is 1. The first kappa shape index (κ1) is 23.8. The Hall–Kier alpha value is -1.26. The average Bonchev–Trinajstić information content (AvgIpc) is 3.09. The number of nitrogens with zero attached hydrogens (tertiary/aromatic N) is 1. The van der Waals surface area contributed by atoms with Gasteiger partial charge in [-0.3, -0.25) is 4.90 Å². The maximum atomic E-state index is 5.95. The molecule has 0 amide bonds. The highest BCUT2D eigenvalue weighted by molar-refractivity contribution is 5.85. The molecule has 1 saturated heterocycles. The molecule has 2 aromatic carbocycles. The van der Waals surface area contributed by atoms with Crippen LogP contribution in [0.5, 0.6) is 5.75 Å². The monoisotopic (exact) mass is 410 g/mol. The molecule has 0 aromatic heterocycles. The van der Waals surface area contributed by atoms with Crippen LogP contribution in [0.25, 0.3) is 0 Å². The number of nitrogens with one attached hydrogen (secondary N) is 1. The third kappa shape index (κ3) is 7.34. The number of hydrogen-bond acceptors (Lipinski definition) is 3. The predicted octanol–water partition coefficient (Wildman–Crippen LogP) is 4.99. The molecule has 1 N–H and O–H groups in total. The molecule has 1 atom stereocenters. The van der Waals surface area contributed by atoms with Crippen LogP contribution < -0.4 is 10.1 Å². The lowest BCUT2D eigenvalue weighted by molar-refractivity contribution is 0.260. The molecule has 1 aliphatic rings. The summed E-state index contributed by atoms with van der Waals surface area (Å²) < 4.78 is 5.95. The predicted molar refractivity (Wildman–Crippen MR) is 118 cm³/mol. The van der Waals surface area contributed by atoms with Gasteiger partial charge in [-0.2, -0.15) is 0 Å². The van der Waals surface area contributed by atoms with Crippen molar-refractivity contribution in [3.63, 3.8) is 0 Å². The molecule has 5 heteroatoms. The molecular weight excluding hydrogens is 379 g/mol. The van der Waals surface area contributed by atoms with E-state index in [0.29, 0.717) is 12.6 Å². The summed E-state index contributed by atoms with van der Waals surface area (Å²) >= 11 is 0. The van der Waals surface area contributed by atoms with E-state index in [2.05, 4.69) is 66.5 Å². The van der Waals surface area contributed by atoms with Crippen molar-refractivity contribution in [1.82, 2.24) is 10.2 Å². The summed E-state index contributed by atoms with van der Waals surface area (Å²) in [6, 6.07) is 17.6. The Morgan fingerprint density at radius 1 is 1.07 bits per heavy atom. The Morgan fingerprint density at radius 2 is 1.85 bits per heavy atom. The molecule has 3 rings (SSSR count). The van der Waals surface area contributed by atoms with Gasteiger partial charge in [0.05, 0.1) is 0 Å². The molecule has 2 aromatic rings. The van der Waals surface area contributed by atoms with E-state index < -0.39 is 0 Å². The molecule has 3 nitrogen and oxygen atoms in total. The molecule has 1 aliphatic heterocycles. The molecular formula is C22H32Cl2N2O. The minimum absolute atomic E-state index is 0. The van der Waals surface area contributed by atoms with Gasteiger partial charge in [-0.05, 0) is 56.1 Å². The van der Waals surface area contributed by atoms with Crippen molar-refractivity contribution in [2.45, 2.75) is 45.9 Å². The molecule has 150 valence electrons. The largest absolute Gasteiger partial charge is 0.489 e. The number of rotatable bonds is 8. The van der Waals surface area contributed by atoms with Crippen molar-refractivity contribution in [2.75, 3.05) is 19.6 Å². The van der Waals surface area contributed by atoms with Crippen LogP contribution in [0.4, 0.5) is 0 Å². The van der Waals surface area contributed by atoms with E-state index >= 15 is 0 Å². The van der Waals surface area contributed by atoms with E-state index in [1.165, 1.54) is 36.1 Å². The SMILES string of the molecule is CCN1CCCC1CNCc1cccc(OCc2ccc(C)cc2)c1.Cl.Cl. The van der Waals surface area contributed by atoms with E-state index in [-0.39, 0.29) is 24.8 Å². The van der Waals surface area contributed by atoms with Crippen LogP contribution in [0.1, 0.15) is 36.5 Å². The highest BCUT2D eigenvalue weighted by Gasteiger charge is 2.21. The molecule has 1 unspecified atom stereocenters. The zero-order valence-corrected chi connectivity index (χ0v) is 18.0. The van der Waals surface area contributed by atoms with Gasteiger partial charge in [0.1, 0.15) is 12.4 Å². The van der Waals surface area contributed by atoms with Gasteiger partial charge in [-0.15, -0.1) is 24.8 Å². The van der Waals surface area contributed by atoms with Gasteiger partial charge in [-0.1, -0.05) is 48.9 Å². The second-order valence-corrected chi connectivity index (χ2v) is 6.98. The minimum Gasteiger partial charge on any atom is -0.489 e. The maximum Gasteiger partial charge on any atom is 0.120 e. The van der Waals surface area contributed by atoms with Crippen LogP contribution in [-0.4, -0.2) is 30.6 Å². The van der Waals surface area contributed by atoms with E-state index in [1.807, 2.05) is 6.07 Å². The first-order chi connectivity index (χ1) is 12.2. The Balaban J connectivity index is 0.00000182. The van der Waals surface area contributed by atoms with Crippen LogP contribution in [0, 0.1) is 6.92 Å². The van der Waals surface area contributed by atoms with Gasteiger partial charge in [0.25, 0.3) is 0 Å². The van der Waals surface area contributed by atoms with Crippen molar-refractivity contribution in [1.29, 1.82) is 0 Å². The van der Waals surface area contributed by atoms with Gasteiger partial charge < -0.3 is 10.1 Å². The van der Waals surface area contributed by atoms with Crippen molar-refractivity contribution in [3.05, 3.63) is 65.2 Å². The molecule has 1 heterocycles. The number of likely N-dealkylation sites (tertiary alicyclic amines) is 1. The van der Waals surface area contributed by atoms with E-state index in [4.69, 9.17) is 4.74 Å². The lowest BCUT2D eigenvalue weighted by atomic mass is 10.1. The number of aryl methyl sites for hydroxylation is 1.